The second kappa shape index (κ2) is 7.06. The minimum Gasteiger partial charge on any atom is -0.390 e. The Morgan fingerprint density at radius 2 is 2.00 bits per heavy atom. The first-order valence-corrected chi connectivity index (χ1v) is 9.44. The third kappa shape index (κ3) is 3.51. The van der Waals surface area contributed by atoms with Crippen molar-refractivity contribution < 1.29 is 31.8 Å². The molecule has 0 aromatic heterocycles. The van der Waals surface area contributed by atoms with Crippen molar-refractivity contribution in [3.05, 3.63) is 29.3 Å². The van der Waals surface area contributed by atoms with Crippen LogP contribution < -0.4 is 4.31 Å². The Labute approximate surface area is 149 Å². The number of rotatable bonds is 4. The van der Waals surface area contributed by atoms with E-state index in [1.165, 1.54) is 6.07 Å². The van der Waals surface area contributed by atoms with Gasteiger partial charge in [-0.05, 0) is 30.5 Å². The second-order valence-corrected chi connectivity index (χ2v) is 8.34. The van der Waals surface area contributed by atoms with Gasteiger partial charge in [-0.1, -0.05) is 13.8 Å². The molecule has 1 aliphatic heterocycles. The van der Waals surface area contributed by atoms with Crippen molar-refractivity contribution >= 4 is 15.7 Å². The van der Waals surface area contributed by atoms with E-state index in [0.717, 1.165) is 16.4 Å². The molecule has 6 nitrogen and oxygen atoms in total. The highest BCUT2D eigenvalue weighted by atomic mass is 32.2. The number of halogens is 3. The first kappa shape index (κ1) is 20.5. The van der Waals surface area contributed by atoms with Gasteiger partial charge in [0.05, 0.1) is 35.1 Å². The number of nitrogens with zero attached hydrogens (tertiary/aromatic N) is 2. The van der Waals surface area contributed by atoms with Gasteiger partial charge in [-0.2, -0.15) is 18.4 Å². The van der Waals surface area contributed by atoms with Crippen LogP contribution in [0.3, 0.4) is 0 Å². The largest absolute Gasteiger partial charge is 0.417 e. The lowest BCUT2D eigenvalue weighted by molar-refractivity contribution is -0.137. The summed E-state index contributed by atoms with van der Waals surface area (Å²) in [6, 6.07) is 4.10. The number of sulfonamides is 1. The van der Waals surface area contributed by atoms with Crippen LogP contribution in [0.25, 0.3) is 0 Å². The summed E-state index contributed by atoms with van der Waals surface area (Å²) in [5, 5.41) is 27.5. The van der Waals surface area contributed by atoms with Gasteiger partial charge in [-0.25, -0.2) is 8.42 Å². The highest BCUT2D eigenvalue weighted by molar-refractivity contribution is 7.93. The van der Waals surface area contributed by atoms with Crippen molar-refractivity contribution in [3.8, 4) is 6.07 Å². The SMILES string of the molecule is CC[C@H](O)[C@@H](O)C1C(C)CN(c2ccc(C#N)c(C(F)(F)F)c2)S1(=O)=O. The lowest BCUT2D eigenvalue weighted by Crippen LogP contribution is -2.44. The minimum absolute atomic E-state index is 0.134. The minimum atomic E-state index is -4.81. The third-order valence-electron chi connectivity index (χ3n) is 4.53. The molecule has 2 rings (SSSR count). The Kier molecular flexibility index (Phi) is 5.56. The molecule has 0 spiro atoms. The lowest BCUT2D eigenvalue weighted by Gasteiger charge is -2.25. The molecule has 144 valence electrons. The summed E-state index contributed by atoms with van der Waals surface area (Å²) in [5.41, 5.74) is -2.06. The fraction of sp³-hybridized carbons (Fsp3) is 0.562. The highest BCUT2D eigenvalue weighted by Crippen LogP contribution is 2.39. The Morgan fingerprint density at radius 1 is 1.38 bits per heavy atom. The Hall–Kier alpha value is -1.83. The molecule has 0 radical (unpaired) electrons. The molecule has 4 atom stereocenters. The van der Waals surface area contributed by atoms with E-state index < -0.39 is 50.7 Å². The first-order chi connectivity index (χ1) is 11.9. The van der Waals surface area contributed by atoms with E-state index in [0.29, 0.717) is 6.07 Å². The van der Waals surface area contributed by atoms with E-state index in [9.17, 15) is 31.8 Å². The van der Waals surface area contributed by atoms with Gasteiger partial charge < -0.3 is 10.2 Å². The molecule has 10 heteroatoms. The van der Waals surface area contributed by atoms with E-state index in [-0.39, 0.29) is 18.7 Å². The van der Waals surface area contributed by atoms with Crippen LogP contribution in [0.1, 0.15) is 31.4 Å². The quantitative estimate of drug-likeness (QED) is 0.815. The third-order valence-corrected chi connectivity index (χ3v) is 6.94. The van der Waals surface area contributed by atoms with Crippen LogP contribution in [0.15, 0.2) is 18.2 Å². The molecule has 0 saturated carbocycles. The van der Waals surface area contributed by atoms with Crippen molar-refractivity contribution in [2.45, 2.75) is 43.9 Å². The van der Waals surface area contributed by atoms with Gasteiger partial charge >= 0.3 is 6.18 Å². The highest BCUT2D eigenvalue weighted by Gasteiger charge is 2.50. The van der Waals surface area contributed by atoms with Crippen LogP contribution in [0.4, 0.5) is 18.9 Å². The predicted molar refractivity (Wildman–Crippen MR) is 87.7 cm³/mol. The van der Waals surface area contributed by atoms with Gasteiger partial charge in [0, 0.05) is 6.54 Å². The van der Waals surface area contributed by atoms with Crippen molar-refractivity contribution in [3.63, 3.8) is 0 Å². The topological polar surface area (TPSA) is 102 Å². The number of anilines is 1. The number of alkyl halides is 3. The summed E-state index contributed by atoms with van der Waals surface area (Å²) >= 11 is 0. The zero-order chi connectivity index (χ0) is 19.9. The maximum Gasteiger partial charge on any atom is 0.417 e. The summed E-state index contributed by atoms with van der Waals surface area (Å²) in [4.78, 5) is 0. The zero-order valence-corrected chi connectivity index (χ0v) is 14.9. The maximum absolute atomic E-state index is 13.1. The fourth-order valence-corrected chi connectivity index (χ4v) is 5.51. The smallest absolute Gasteiger partial charge is 0.390 e. The molecule has 1 aliphatic rings. The van der Waals surface area contributed by atoms with Crippen LogP contribution in [-0.4, -0.2) is 42.6 Å². The molecule has 2 unspecified atom stereocenters. The molecule has 1 aromatic rings. The molecule has 1 saturated heterocycles. The van der Waals surface area contributed by atoms with Gasteiger partial charge in [0.2, 0.25) is 10.0 Å². The number of nitriles is 1. The fourth-order valence-electron chi connectivity index (χ4n) is 3.15. The van der Waals surface area contributed by atoms with Crippen LogP contribution in [0.5, 0.6) is 0 Å². The van der Waals surface area contributed by atoms with E-state index >= 15 is 0 Å². The summed E-state index contributed by atoms with van der Waals surface area (Å²) in [6.07, 6.45) is -7.49. The monoisotopic (exact) mass is 392 g/mol. The van der Waals surface area contributed by atoms with Crippen molar-refractivity contribution in [2.75, 3.05) is 10.8 Å². The van der Waals surface area contributed by atoms with Crippen LogP contribution in [0, 0.1) is 17.2 Å². The van der Waals surface area contributed by atoms with Gasteiger partial charge in [-0.15, -0.1) is 0 Å². The number of aliphatic hydroxyl groups excluding tert-OH is 2. The summed E-state index contributed by atoms with van der Waals surface area (Å²) in [7, 11) is -4.19. The second-order valence-electron chi connectivity index (χ2n) is 6.32. The predicted octanol–water partition coefficient (Wildman–Crippen LogP) is 1.86. The molecular formula is C16H19F3N2O4S. The molecule has 1 fully saturated rings. The maximum atomic E-state index is 13.1. The van der Waals surface area contributed by atoms with Gasteiger partial charge in [0.15, 0.2) is 0 Å². The Balaban J connectivity index is 2.49. The van der Waals surface area contributed by atoms with Gasteiger partial charge in [0.25, 0.3) is 0 Å². The molecule has 0 aliphatic carbocycles. The van der Waals surface area contributed by atoms with E-state index in [1.807, 2.05) is 0 Å². The van der Waals surface area contributed by atoms with Crippen molar-refractivity contribution in [2.24, 2.45) is 5.92 Å². The average molecular weight is 392 g/mol. The molecule has 0 bridgehead atoms. The lowest BCUT2D eigenvalue weighted by atomic mass is 9.98. The van der Waals surface area contributed by atoms with E-state index in [4.69, 9.17) is 5.26 Å². The molecule has 2 N–H and O–H groups in total. The average Bonchev–Trinajstić information content (AvgIpc) is 2.81. The van der Waals surface area contributed by atoms with Gasteiger partial charge in [0.1, 0.15) is 5.25 Å². The number of aliphatic hydroxyl groups is 2. The summed E-state index contributed by atoms with van der Waals surface area (Å²) in [5.74, 6) is -0.610. The van der Waals surface area contributed by atoms with E-state index in [2.05, 4.69) is 0 Å². The Morgan fingerprint density at radius 3 is 2.50 bits per heavy atom. The molecule has 0 amide bonds. The van der Waals surface area contributed by atoms with E-state index in [1.54, 1.807) is 13.8 Å². The van der Waals surface area contributed by atoms with Crippen LogP contribution in [-0.2, 0) is 16.2 Å². The van der Waals surface area contributed by atoms with Crippen LogP contribution in [0.2, 0.25) is 0 Å². The normalized spacial score (nSPS) is 24.9. The molecular weight excluding hydrogens is 373 g/mol. The molecule has 26 heavy (non-hydrogen) atoms. The first-order valence-electron chi connectivity index (χ1n) is 7.94. The standard InChI is InChI=1S/C16H19F3N2O4S/c1-3-13(22)14(23)15-9(2)8-21(26(15,24)25)11-5-4-10(7-20)12(6-11)16(17,18)19/h4-6,9,13-15,22-23H,3,8H2,1-2H3/t9?,13-,14+,15?/m0/s1. The Bertz CT molecular complexity index is 820. The number of benzene rings is 1. The van der Waals surface area contributed by atoms with Crippen molar-refractivity contribution in [1.29, 1.82) is 5.26 Å². The van der Waals surface area contributed by atoms with Crippen molar-refractivity contribution in [1.82, 2.24) is 0 Å². The van der Waals surface area contributed by atoms with Crippen LogP contribution >= 0.6 is 0 Å². The number of hydrogen-bond acceptors (Lipinski definition) is 5. The number of hydrogen-bond donors (Lipinski definition) is 2. The molecule has 1 heterocycles. The summed E-state index contributed by atoms with van der Waals surface area (Å²) < 4.78 is 65.8. The molecule has 1 aromatic carbocycles. The zero-order valence-electron chi connectivity index (χ0n) is 14.1. The summed E-state index contributed by atoms with van der Waals surface area (Å²) in [6.45, 7) is 2.99. The van der Waals surface area contributed by atoms with Gasteiger partial charge in [-0.3, -0.25) is 4.31 Å².